The van der Waals surface area contributed by atoms with E-state index < -0.39 is 53.5 Å². The number of nitrogens with zero attached hydrogens (tertiary/aromatic N) is 2. The number of carboxylic acids is 2. The number of hydrogen-bond acceptors (Lipinski definition) is 10. The average Bonchev–Trinajstić information content (AvgIpc) is 2.99. The highest BCUT2D eigenvalue weighted by Crippen LogP contribution is 2.31. The van der Waals surface area contributed by atoms with Gasteiger partial charge in [0.2, 0.25) is 0 Å². The second-order valence-corrected chi connectivity index (χ2v) is 10.7. The molecule has 1 fully saturated rings. The van der Waals surface area contributed by atoms with Gasteiger partial charge in [-0.05, 0) is 62.9 Å². The van der Waals surface area contributed by atoms with Gasteiger partial charge in [-0.2, -0.15) is 0 Å². The fourth-order valence-corrected chi connectivity index (χ4v) is 5.43. The van der Waals surface area contributed by atoms with Gasteiger partial charge in [-0.1, -0.05) is 0 Å². The third-order valence-electron chi connectivity index (χ3n) is 7.64. The summed E-state index contributed by atoms with van der Waals surface area (Å²) in [7, 11) is 1.42. The van der Waals surface area contributed by atoms with Gasteiger partial charge in [-0.25, -0.2) is 4.79 Å². The normalized spacial score (nSPS) is 17.0. The quantitative estimate of drug-likeness (QED) is 0.130. The lowest BCUT2D eigenvalue weighted by Gasteiger charge is -2.35. The molecule has 2 aromatic carbocycles. The summed E-state index contributed by atoms with van der Waals surface area (Å²) in [6, 6.07) is 9.45. The summed E-state index contributed by atoms with van der Waals surface area (Å²) in [5.41, 5.74) is -0.906. The Labute approximate surface area is 255 Å². The Hall–Kier alpha value is -5.31. The first kappa shape index (κ1) is 32.6. The monoisotopic (exact) mass is 624 g/mol. The Morgan fingerprint density at radius 3 is 2.29 bits per heavy atom. The fraction of sp³-hybridized carbons (Fsp3) is 0.367. The second-order valence-electron chi connectivity index (χ2n) is 10.7. The number of nitro groups is 1. The molecule has 0 bridgehead atoms. The van der Waals surface area contributed by atoms with Crippen LogP contribution in [0.1, 0.15) is 65.0 Å². The number of ether oxygens (including phenoxy) is 1. The van der Waals surface area contributed by atoms with Crippen molar-refractivity contribution >= 4 is 40.4 Å². The van der Waals surface area contributed by atoms with E-state index in [0.29, 0.717) is 31.1 Å². The van der Waals surface area contributed by atoms with Gasteiger partial charge < -0.3 is 30.0 Å². The van der Waals surface area contributed by atoms with Crippen LogP contribution >= 0.6 is 0 Å². The zero-order valence-electron chi connectivity index (χ0n) is 24.5. The molecule has 0 saturated heterocycles. The Bertz CT molecular complexity index is 1680. The predicted molar refractivity (Wildman–Crippen MR) is 158 cm³/mol. The van der Waals surface area contributed by atoms with Crippen LogP contribution in [0.15, 0.2) is 51.7 Å². The van der Waals surface area contributed by atoms with E-state index in [1.165, 1.54) is 42.3 Å². The van der Waals surface area contributed by atoms with E-state index in [1.54, 1.807) is 19.1 Å². The van der Waals surface area contributed by atoms with E-state index in [4.69, 9.17) is 19.4 Å². The number of amides is 2. The summed E-state index contributed by atoms with van der Waals surface area (Å²) in [4.78, 5) is 72.4. The molecule has 1 atom stereocenters. The molecule has 2 amide bonds. The minimum absolute atomic E-state index is 0.123. The maximum absolute atomic E-state index is 13.0. The Morgan fingerprint density at radius 2 is 1.69 bits per heavy atom. The van der Waals surface area contributed by atoms with Crippen molar-refractivity contribution in [3.05, 3.63) is 79.7 Å². The highest BCUT2D eigenvalue weighted by molar-refractivity contribution is 5.97. The molecule has 1 aromatic heterocycles. The van der Waals surface area contributed by atoms with E-state index in [2.05, 4.69) is 10.6 Å². The van der Waals surface area contributed by atoms with Crippen LogP contribution in [0, 0.1) is 10.1 Å². The number of fused-ring (bicyclic) bond motifs is 1. The lowest BCUT2D eigenvalue weighted by atomic mass is 9.90. The summed E-state index contributed by atoms with van der Waals surface area (Å²) in [6.07, 6.45) is 1.07. The minimum Gasteiger partial charge on any atom is -0.486 e. The van der Waals surface area contributed by atoms with Crippen LogP contribution in [0.25, 0.3) is 11.0 Å². The van der Waals surface area contributed by atoms with E-state index >= 15 is 0 Å². The summed E-state index contributed by atoms with van der Waals surface area (Å²) in [6.45, 7) is 0.799. The molecular formula is C30H32N4O11. The number of nitro benzene ring substituents is 1. The summed E-state index contributed by atoms with van der Waals surface area (Å²) >= 11 is 0. The summed E-state index contributed by atoms with van der Waals surface area (Å²) in [5.74, 6) is -3.11. The number of carbonyl (C=O) groups is 4. The first-order valence-corrected chi connectivity index (χ1v) is 14.1. The Kier molecular flexibility index (Phi) is 10.1. The van der Waals surface area contributed by atoms with E-state index in [1.807, 2.05) is 0 Å². The number of rotatable bonds is 12. The lowest BCUT2D eigenvalue weighted by Crippen LogP contribution is -2.47. The summed E-state index contributed by atoms with van der Waals surface area (Å²) in [5, 5.41) is 35.6. The van der Waals surface area contributed by atoms with Gasteiger partial charge in [0.1, 0.15) is 23.0 Å². The van der Waals surface area contributed by atoms with Crippen molar-refractivity contribution in [1.82, 2.24) is 15.5 Å². The van der Waals surface area contributed by atoms with Crippen LogP contribution in [0.5, 0.6) is 5.75 Å². The number of carbonyl (C=O) groups excluding carboxylic acids is 2. The van der Waals surface area contributed by atoms with Gasteiger partial charge in [0.25, 0.3) is 17.5 Å². The number of hydrogen-bond donors (Lipinski definition) is 4. The molecule has 45 heavy (non-hydrogen) atoms. The Balaban J connectivity index is 1.43. The molecule has 0 aliphatic heterocycles. The molecule has 1 saturated carbocycles. The van der Waals surface area contributed by atoms with Gasteiger partial charge in [0.05, 0.1) is 23.6 Å². The molecule has 15 heteroatoms. The van der Waals surface area contributed by atoms with Crippen LogP contribution in [0.3, 0.4) is 0 Å². The third kappa shape index (κ3) is 8.00. The van der Waals surface area contributed by atoms with Crippen molar-refractivity contribution < 1.29 is 43.5 Å². The molecule has 4 rings (SSSR count). The molecule has 0 radical (unpaired) electrons. The zero-order chi connectivity index (χ0) is 32.8. The number of aliphatic carboxylic acids is 2. The Morgan fingerprint density at radius 1 is 1.02 bits per heavy atom. The molecule has 238 valence electrons. The number of carboxylic acid groups (broad SMARTS) is 2. The topological polar surface area (TPSA) is 219 Å². The van der Waals surface area contributed by atoms with Crippen molar-refractivity contribution in [1.29, 1.82) is 0 Å². The highest BCUT2D eigenvalue weighted by atomic mass is 16.6. The number of nitrogens with one attached hydrogen (secondary N) is 2. The third-order valence-corrected chi connectivity index (χ3v) is 7.64. The van der Waals surface area contributed by atoms with E-state index in [0.717, 1.165) is 0 Å². The van der Waals surface area contributed by atoms with Crippen molar-refractivity contribution in [2.45, 2.75) is 50.8 Å². The molecule has 0 spiro atoms. The van der Waals surface area contributed by atoms with Gasteiger partial charge in [-0.15, -0.1) is 0 Å². The first-order valence-electron chi connectivity index (χ1n) is 14.1. The van der Waals surface area contributed by atoms with Crippen LogP contribution in [0.4, 0.5) is 5.69 Å². The van der Waals surface area contributed by atoms with Crippen LogP contribution < -0.4 is 21.0 Å². The molecule has 3 aromatic rings. The maximum atomic E-state index is 13.0. The molecule has 1 aliphatic rings. The molecule has 1 aliphatic carbocycles. The van der Waals surface area contributed by atoms with Gasteiger partial charge >= 0.3 is 17.6 Å². The van der Waals surface area contributed by atoms with Crippen molar-refractivity contribution in [2.24, 2.45) is 0 Å². The van der Waals surface area contributed by atoms with Crippen LogP contribution in [-0.4, -0.2) is 76.0 Å². The van der Waals surface area contributed by atoms with Crippen molar-refractivity contribution in [3.8, 4) is 5.75 Å². The first-order chi connectivity index (χ1) is 21.4. The average molecular weight is 625 g/mol. The van der Waals surface area contributed by atoms with Crippen LogP contribution in [-0.2, 0) is 9.59 Å². The lowest BCUT2D eigenvalue weighted by molar-refractivity contribution is -0.386. The molecule has 15 nitrogen and oxygen atoms in total. The second kappa shape index (κ2) is 14.0. The van der Waals surface area contributed by atoms with E-state index in [9.17, 15) is 34.1 Å². The van der Waals surface area contributed by atoms with Gasteiger partial charge in [0, 0.05) is 42.2 Å². The van der Waals surface area contributed by atoms with Gasteiger partial charge in [-0.3, -0.25) is 34.2 Å². The summed E-state index contributed by atoms with van der Waals surface area (Å²) < 4.78 is 11.3. The smallest absolute Gasteiger partial charge is 0.349 e. The largest absolute Gasteiger partial charge is 0.486 e. The maximum Gasteiger partial charge on any atom is 0.349 e. The number of benzene rings is 2. The van der Waals surface area contributed by atoms with Crippen molar-refractivity contribution in [2.75, 3.05) is 20.1 Å². The predicted octanol–water partition coefficient (Wildman–Crippen LogP) is 2.71. The molecule has 1 heterocycles. The minimum atomic E-state index is -1.12. The zero-order valence-corrected chi connectivity index (χ0v) is 24.5. The van der Waals surface area contributed by atoms with Crippen LogP contribution in [0.2, 0.25) is 0 Å². The van der Waals surface area contributed by atoms with E-state index in [-0.39, 0.29) is 45.8 Å². The van der Waals surface area contributed by atoms with Gasteiger partial charge in [0.15, 0.2) is 0 Å². The standard InChI is InChI=1S/C30H32N4O11/c1-16(22-10-4-18(28(39)31-2)12-24(22)34(42)43)44-21-9-3-17-11-23(30(41)45-25(17)13-21)29(40)32-19-5-7-20(8-6-19)33(14-26(35)36)15-27(37)38/h3-4,9-13,16,19-20H,5-8,14-15H2,1-2H3,(H,31,39)(H,32,40)(H,35,36)(H,37,38). The molecule has 1 unspecified atom stereocenters. The molecule has 4 N–H and O–H groups in total. The molecular weight excluding hydrogens is 592 g/mol. The fourth-order valence-electron chi connectivity index (χ4n) is 5.43. The SMILES string of the molecule is CNC(=O)c1ccc(C(C)Oc2ccc3cc(C(=O)NC4CCC(N(CC(=O)O)CC(=O)O)CC4)c(=O)oc3c2)c([N+](=O)[O-])c1. The van der Waals surface area contributed by atoms with Crippen molar-refractivity contribution in [3.63, 3.8) is 0 Å². The highest BCUT2D eigenvalue weighted by Gasteiger charge is 2.30.